The first-order valence-electron chi connectivity index (χ1n) is 6.07. The Morgan fingerprint density at radius 2 is 1.84 bits per heavy atom. The summed E-state index contributed by atoms with van der Waals surface area (Å²) in [6.07, 6.45) is 0.504. The minimum Gasteiger partial charge on any atom is -0.271 e. The maximum atomic E-state index is 13.3. The topological polar surface area (TPSA) is 38.0 Å². The highest BCUT2D eigenvalue weighted by molar-refractivity contribution is 5.30. The van der Waals surface area contributed by atoms with Crippen molar-refractivity contribution in [2.24, 2.45) is 5.84 Å². The van der Waals surface area contributed by atoms with Crippen molar-refractivity contribution in [3.05, 3.63) is 70.8 Å². The lowest BCUT2D eigenvalue weighted by atomic mass is 9.96. The molecule has 0 aromatic heterocycles. The maximum Gasteiger partial charge on any atom is 0.123 e. The summed E-state index contributed by atoms with van der Waals surface area (Å²) in [7, 11) is 0. The Labute approximate surface area is 111 Å². The van der Waals surface area contributed by atoms with Gasteiger partial charge in [-0.1, -0.05) is 18.2 Å². The molecule has 2 aromatic rings. The van der Waals surface area contributed by atoms with Crippen molar-refractivity contribution < 1.29 is 8.78 Å². The van der Waals surface area contributed by atoms with Gasteiger partial charge in [0.1, 0.15) is 11.6 Å². The summed E-state index contributed by atoms with van der Waals surface area (Å²) >= 11 is 0. The molecule has 0 spiro atoms. The van der Waals surface area contributed by atoms with Crippen molar-refractivity contribution in [3.8, 4) is 0 Å². The lowest BCUT2D eigenvalue weighted by molar-refractivity contribution is 0.540. The molecule has 0 fully saturated rings. The van der Waals surface area contributed by atoms with Crippen molar-refractivity contribution in [2.75, 3.05) is 0 Å². The fourth-order valence-corrected chi connectivity index (χ4v) is 2.08. The van der Waals surface area contributed by atoms with E-state index in [0.717, 1.165) is 16.7 Å². The molecule has 2 aromatic carbocycles. The van der Waals surface area contributed by atoms with E-state index in [-0.39, 0.29) is 17.7 Å². The molecular weight excluding hydrogens is 246 g/mol. The minimum absolute atomic E-state index is 0.254. The summed E-state index contributed by atoms with van der Waals surface area (Å²) in [6, 6.07) is 10.6. The molecule has 2 rings (SSSR count). The summed E-state index contributed by atoms with van der Waals surface area (Å²) in [5, 5.41) is 0. The quantitative estimate of drug-likeness (QED) is 0.656. The highest BCUT2D eigenvalue weighted by atomic mass is 19.1. The number of nitrogens with two attached hydrogens (primary N) is 1. The zero-order chi connectivity index (χ0) is 13.8. The van der Waals surface area contributed by atoms with Crippen LogP contribution < -0.4 is 11.3 Å². The van der Waals surface area contributed by atoms with Gasteiger partial charge in [-0.3, -0.25) is 11.3 Å². The van der Waals surface area contributed by atoms with E-state index >= 15 is 0 Å². The standard InChI is InChI=1S/C15H16F2N2/c1-10-5-6-14(17)8-12(10)9-15(19-18)11-3-2-4-13(16)7-11/h2-8,15,19H,9,18H2,1H3. The molecule has 0 bridgehead atoms. The zero-order valence-electron chi connectivity index (χ0n) is 10.7. The lowest BCUT2D eigenvalue weighted by Gasteiger charge is -2.18. The van der Waals surface area contributed by atoms with Crippen LogP contribution in [0.1, 0.15) is 22.7 Å². The molecule has 3 N–H and O–H groups in total. The van der Waals surface area contributed by atoms with Crippen LogP contribution in [-0.2, 0) is 6.42 Å². The molecule has 0 aliphatic rings. The van der Waals surface area contributed by atoms with Crippen LogP contribution in [0.15, 0.2) is 42.5 Å². The van der Waals surface area contributed by atoms with Crippen LogP contribution in [0.25, 0.3) is 0 Å². The summed E-state index contributed by atoms with van der Waals surface area (Å²) in [5.41, 5.74) is 5.23. The second-order valence-electron chi connectivity index (χ2n) is 4.55. The number of hydrazine groups is 1. The van der Waals surface area contributed by atoms with E-state index in [4.69, 9.17) is 5.84 Å². The van der Waals surface area contributed by atoms with Gasteiger partial charge < -0.3 is 0 Å². The van der Waals surface area contributed by atoms with E-state index in [0.29, 0.717) is 6.42 Å². The Morgan fingerprint density at radius 3 is 2.53 bits per heavy atom. The summed E-state index contributed by atoms with van der Waals surface area (Å²) < 4.78 is 26.5. The van der Waals surface area contributed by atoms with E-state index in [1.54, 1.807) is 18.2 Å². The van der Waals surface area contributed by atoms with Crippen molar-refractivity contribution in [3.63, 3.8) is 0 Å². The van der Waals surface area contributed by atoms with Crippen molar-refractivity contribution in [1.29, 1.82) is 0 Å². The molecule has 0 aliphatic heterocycles. The second-order valence-corrected chi connectivity index (χ2v) is 4.55. The molecule has 0 heterocycles. The van der Waals surface area contributed by atoms with Gasteiger partial charge in [-0.2, -0.15) is 0 Å². The Kier molecular flexibility index (Phi) is 4.24. The predicted octanol–water partition coefficient (Wildman–Crippen LogP) is 3.02. The summed E-state index contributed by atoms with van der Waals surface area (Å²) in [5.74, 6) is 4.93. The third-order valence-corrected chi connectivity index (χ3v) is 3.19. The number of halogens is 2. The largest absolute Gasteiger partial charge is 0.271 e. The van der Waals surface area contributed by atoms with Gasteiger partial charge in [-0.05, 0) is 54.3 Å². The van der Waals surface area contributed by atoms with E-state index in [9.17, 15) is 8.78 Å². The maximum absolute atomic E-state index is 13.3. The first-order chi connectivity index (χ1) is 9.10. The fraction of sp³-hybridized carbons (Fsp3) is 0.200. The van der Waals surface area contributed by atoms with Crippen LogP contribution >= 0.6 is 0 Å². The molecule has 0 saturated heterocycles. The van der Waals surface area contributed by atoms with E-state index in [1.807, 2.05) is 6.92 Å². The van der Waals surface area contributed by atoms with Gasteiger partial charge >= 0.3 is 0 Å². The van der Waals surface area contributed by atoms with Gasteiger partial charge in [0.25, 0.3) is 0 Å². The molecule has 1 atom stereocenters. The van der Waals surface area contributed by atoms with Crippen LogP contribution in [0.3, 0.4) is 0 Å². The fourth-order valence-electron chi connectivity index (χ4n) is 2.08. The molecule has 2 nitrogen and oxygen atoms in total. The number of hydrogen-bond acceptors (Lipinski definition) is 2. The molecule has 1 unspecified atom stereocenters. The smallest absolute Gasteiger partial charge is 0.123 e. The van der Waals surface area contributed by atoms with Gasteiger partial charge in [0, 0.05) is 0 Å². The van der Waals surface area contributed by atoms with Crippen LogP contribution in [0.4, 0.5) is 8.78 Å². The number of aryl methyl sites for hydroxylation is 1. The third kappa shape index (κ3) is 3.36. The van der Waals surface area contributed by atoms with Crippen LogP contribution in [0.2, 0.25) is 0 Å². The van der Waals surface area contributed by atoms with Crippen LogP contribution in [0, 0.1) is 18.6 Å². The highest BCUT2D eigenvalue weighted by Gasteiger charge is 2.13. The number of nitrogens with one attached hydrogen (secondary N) is 1. The lowest BCUT2D eigenvalue weighted by Crippen LogP contribution is -2.29. The molecule has 0 radical (unpaired) electrons. The van der Waals surface area contributed by atoms with Crippen molar-refractivity contribution >= 4 is 0 Å². The van der Waals surface area contributed by atoms with Gasteiger partial charge in [-0.15, -0.1) is 0 Å². The highest BCUT2D eigenvalue weighted by Crippen LogP contribution is 2.21. The van der Waals surface area contributed by atoms with E-state index in [1.165, 1.54) is 24.3 Å². The first kappa shape index (κ1) is 13.6. The number of rotatable bonds is 4. The van der Waals surface area contributed by atoms with Gasteiger partial charge in [0.2, 0.25) is 0 Å². The predicted molar refractivity (Wildman–Crippen MR) is 71.3 cm³/mol. The number of hydrogen-bond donors (Lipinski definition) is 2. The van der Waals surface area contributed by atoms with Crippen molar-refractivity contribution in [1.82, 2.24) is 5.43 Å². The molecule has 100 valence electrons. The molecule has 19 heavy (non-hydrogen) atoms. The normalized spacial score (nSPS) is 12.4. The Morgan fingerprint density at radius 1 is 1.11 bits per heavy atom. The van der Waals surface area contributed by atoms with Crippen LogP contribution in [0.5, 0.6) is 0 Å². The third-order valence-electron chi connectivity index (χ3n) is 3.19. The number of benzene rings is 2. The van der Waals surface area contributed by atoms with Crippen molar-refractivity contribution in [2.45, 2.75) is 19.4 Å². The molecule has 0 amide bonds. The average Bonchev–Trinajstić information content (AvgIpc) is 2.39. The molecule has 0 saturated carbocycles. The van der Waals surface area contributed by atoms with Gasteiger partial charge in [-0.25, -0.2) is 8.78 Å². The minimum atomic E-state index is -0.311. The summed E-state index contributed by atoms with van der Waals surface area (Å²) in [6.45, 7) is 1.91. The molecular formula is C15H16F2N2. The average molecular weight is 262 g/mol. The Bertz CT molecular complexity index is 570. The SMILES string of the molecule is Cc1ccc(F)cc1CC(NN)c1cccc(F)c1. The van der Waals surface area contributed by atoms with E-state index in [2.05, 4.69) is 5.43 Å². The Hall–Kier alpha value is -1.78. The van der Waals surface area contributed by atoms with Crippen LogP contribution in [-0.4, -0.2) is 0 Å². The van der Waals surface area contributed by atoms with Gasteiger partial charge in [0.15, 0.2) is 0 Å². The van der Waals surface area contributed by atoms with E-state index < -0.39 is 0 Å². The monoisotopic (exact) mass is 262 g/mol. The second kappa shape index (κ2) is 5.91. The first-order valence-corrected chi connectivity index (χ1v) is 6.07. The summed E-state index contributed by atoms with van der Waals surface area (Å²) in [4.78, 5) is 0. The molecule has 0 aliphatic carbocycles. The zero-order valence-corrected chi connectivity index (χ0v) is 10.7. The van der Waals surface area contributed by atoms with Gasteiger partial charge in [0.05, 0.1) is 6.04 Å². The Balaban J connectivity index is 2.26. The molecule has 4 heteroatoms.